The normalized spacial score (nSPS) is 18.3. The second kappa shape index (κ2) is 7.80. The van der Waals surface area contributed by atoms with Gasteiger partial charge in [0.15, 0.2) is 5.17 Å². The van der Waals surface area contributed by atoms with Crippen molar-refractivity contribution in [3.8, 4) is 0 Å². The Balaban J connectivity index is 1.59. The van der Waals surface area contributed by atoms with Crippen molar-refractivity contribution < 1.29 is 9.90 Å². The van der Waals surface area contributed by atoms with E-state index in [1.807, 2.05) is 18.2 Å². The quantitative estimate of drug-likeness (QED) is 0.386. The number of hydrogen-bond acceptors (Lipinski definition) is 5. The van der Waals surface area contributed by atoms with E-state index in [-0.39, 0.29) is 12.5 Å². The van der Waals surface area contributed by atoms with Crippen LogP contribution in [0.4, 0.5) is 0 Å². The smallest absolute Gasteiger partial charge is 0.307 e. The van der Waals surface area contributed by atoms with Gasteiger partial charge >= 0.3 is 5.97 Å². The Morgan fingerprint density at radius 2 is 1.78 bits per heavy atom. The highest BCUT2D eigenvalue weighted by Crippen LogP contribution is 2.45. The van der Waals surface area contributed by atoms with Crippen LogP contribution < -0.4 is 0 Å². The van der Waals surface area contributed by atoms with Gasteiger partial charge in [-0.1, -0.05) is 66.4 Å². The Morgan fingerprint density at radius 1 is 1.00 bits per heavy atom. The molecule has 3 aromatic carbocycles. The van der Waals surface area contributed by atoms with Gasteiger partial charge in [0.2, 0.25) is 0 Å². The molecule has 158 valence electrons. The number of carboxylic acids is 1. The van der Waals surface area contributed by atoms with Crippen LogP contribution in [0, 0.1) is 0 Å². The average Bonchev–Trinajstić information content (AvgIpc) is 3.42. The molecule has 0 spiro atoms. The first-order valence-electron chi connectivity index (χ1n) is 10.6. The summed E-state index contributed by atoms with van der Waals surface area (Å²) in [5.41, 5.74) is 3.75. The van der Waals surface area contributed by atoms with Crippen LogP contribution in [-0.2, 0) is 4.79 Å². The Morgan fingerprint density at radius 3 is 2.62 bits per heavy atom. The summed E-state index contributed by atoms with van der Waals surface area (Å²) in [6.07, 6.45) is -0.0325. The van der Waals surface area contributed by atoms with E-state index in [1.54, 1.807) is 23.1 Å². The largest absolute Gasteiger partial charge is 0.481 e. The summed E-state index contributed by atoms with van der Waals surface area (Å²) in [4.78, 5) is 19.2. The summed E-state index contributed by atoms with van der Waals surface area (Å²) in [6, 6.07) is 25.0. The van der Waals surface area contributed by atoms with Gasteiger partial charge in [-0.15, -0.1) is 11.3 Å². The predicted molar refractivity (Wildman–Crippen MR) is 134 cm³/mol. The van der Waals surface area contributed by atoms with Crippen LogP contribution in [0.3, 0.4) is 0 Å². The van der Waals surface area contributed by atoms with Gasteiger partial charge < -0.3 is 10.0 Å². The SMILES string of the molecule is O=C(O)CC1=C(c2ccc3sc4ccccc4c3c2)N=C2SCCN2C1c1ccccc1. The zero-order chi connectivity index (χ0) is 21.7. The molecule has 4 aromatic rings. The fourth-order valence-electron chi connectivity index (χ4n) is 4.72. The second-order valence-corrected chi connectivity index (χ2v) is 10.1. The van der Waals surface area contributed by atoms with Gasteiger partial charge in [-0.25, -0.2) is 4.99 Å². The summed E-state index contributed by atoms with van der Waals surface area (Å²) in [7, 11) is 0. The van der Waals surface area contributed by atoms with Crippen LogP contribution in [0.1, 0.15) is 23.6 Å². The second-order valence-electron chi connectivity index (χ2n) is 8.00. The van der Waals surface area contributed by atoms with E-state index in [4.69, 9.17) is 4.99 Å². The van der Waals surface area contributed by atoms with Gasteiger partial charge in [-0.05, 0) is 29.3 Å². The molecule has 4 nitrogen and oxygen atoms in total. The van der Waals surface area contributed by atoms with Crippen molar-refractivity contribution in [3.63, 3.8) is 0 Å². The van der Waals surface area contributed by atoms with Crippen molar-refractivity contribution in [3.05, 3.63) is 89.5 Å². The maximum atomic E-state index is 12.0. The molecular formula is C26H20N2O2S2. The summed E-state index contributed by atoms with van der Waals surface area (Å²) in [5.74, 6) is 0.135. The number of carbonyl (C=O) groups is 1. The molecule has 32 heavy (non-hydrogen) atoms. The van der Waals surface area contributed by atoms with Crippen molar-refractivity contribution in [2.75, 3.05) is 12.3 Å². The number of amidine groups is 1. The van der Waals surface area contributed by atoms with Gasteiger partial charge in [0.05, 0.1) is 18.2 Å². The Hall–Kier alpha value is -3.09. The third-order valence-electron chi connectivity index (χ3n) is 6.07. The highest BCUT2D eigenvalue weighted by atomic mass is 32.2. The number of carboxylic acid groups (broad SMARTS) is 1. The van der Waals surface area contributed by atoms with Crippen molar-refractivity contribution in [1.29, 1.82) is 0 Å². The molecular weight excluding hydrogens is 436 g/mol. The monoisotopic (exact) mass is 456 g/mol. The molecule has 1 fully saturated rings. The number of aliphatic imine (C=N–C) groups is 1. The van der Waals surface area contributed by atoms with Gasteiger partial charge in [-0.2, -0.15) is 0 Å². The van der Waals surface area contributed by atoms with E-state index in [1.165, 1.54) is 20.2 Å². The maximum absolute atomic E-state index is 12.0. The predicted octanol–water partition coefficient (Wildman–Crippen LogP) is 6.40. The van der Waals surface area contributed by atoms with E-state index in [9.17, 15) is 9.90 Å². The van der Waals surface area contributed by atoms with E-state index < -0.39 is 5.97 Å². The fraction of sp³-hybridized carbons (Fsp3) is 0.154. The molecule has 0 saturated carbocycles. The maximum Gasteiger partial charge on any atom is 0.307 e. The number of thioether (sulfide) groups is 1. The third kappa shape index (κ3) is 3.22. The third-order valence-corrected chi connectivity index (χ3v) is 8.19. The average molecular weight is 457 g/mol. The molecule has 2 aliphatic rings. The van der Waals surface area contributed by atoms with Crippen molar-refractivity contribution in [1.82, 2.24) is 4.90 Å². The van der Waals surface area contributed by atoms with E-state index in [0.717, 1.165) is 39.9 Å². The Kier molecular flexibility index (Phi) is 4.77. The summed E-state index contributed by atoms with van der Waals surface area (Å²) in [5, 5.41) is 13.2. The van der Waals surface area contributed by atoms with Crippen molar-refractivity contribution in [2.45, 2.75) is 12.5 Å². The zero-order valence-electron chi connectivity index (χ0n) is 17.2. The zero-order valence-corrected chi connectivity index (χ0v) is 18.8. The summed E-state index contributed by atoms with van der Waals surface area (Å²) >= 11 is 3.53. The van der Waals surface area contributed by atoms with Crippen LogP contribution in [-0.4, -0.2) is 33.4 Å². The standard InChI is InChI=1S/C26H20N2O2S2/c29-23(30)15-20-24(17-10-11-22-19(14-17)18-8-4-5-9-21(18)32-22)27-26-28(12-13-31-26)25(20)16-6-2-1-3-7-16/h1-11,14,25H,12-13,15H2,(H,29,30). The van der Waals surface area contributed by atoms with E-state index >= 15 is 0 Å². The Bertz CT molecular complexity index is 1420. The molecule has 0 bridgehead atoms. The number of aliphatic carboxylic acids is 1. The number of fused-ring (bicyclic) bond motifs is 4. The van der Waals surface area contributed by atoms with E-state index in [2.05, 4.69) is 59.5 Å². The van der Waals surface area contributed by atoms with Gasteiger partial charge in [0.25, 0.3) is 0 Å². The lowest BCUT2D eigenvalue weighted by Crippen LogP contribution is -2.34. The molecule has 0 radical (unpaired) electrons. The molecule has 2 aliphatic heterocycles. The van der Waals surface area contributed by atoms with Crippen LogP contribution in [0.25, 0.3) is 25.9 Å². The topological polar surface area (TPSA) is 52.9 Å². The van der Waals surface area contributed by atoms with Crippen molar-refractivity contribution >= 4 is 60.1 Å². The molecule has 1 unspecified atom stereocenters. The molecule has 1 atom stereocenters. The number of nitrogens with zero attached hydrogens (tertiary/aromatic N) is 2. The highest BCUT2D eigenvalue weighted by molar-refractivity contribution is 8.14. The number of thiophene rings is 1. The molecule has 1 saturated heterocycles. The lowest BCUT2D eigenvalue weighted by Gasteiger charge is -2.35. The molecule has 0 amide bonds. The first kappa shape index (κ1) is 19.6. The van der Waals surface area contributed by atoms with Gasteiger partial charge in [-0.3, -0.25) is 4.79 Å². The minimum Gasteiger partial charge on any atom is -0.481 e. The number of hydrogen-bond donors (Lipinski definition) is 1. The minimum absolute atomic E-state index is 0.0325. The molecule has 1 aromatic heterocycles. The van der Waals surface area contributed by atoms with Crippen LogP contribution in [0.5, 0.6) is 0 Å². The lowest BCUT2D eigenvalue weighted by atomic mass is 9.90. The molecule has 0 aliphatic carbocycles. The van der Waals surface area contributed by atoms with Gasteiger partial charge in [0.1, 0.15) is 0 Å². The van der Waals surface area contributed by atoms with Crippen LogP contribution >= 0.6 is 23.1 Å². The Labute approximate surface area is 193 Å². The number of benzene rings is 3. The van der Waals surface area contributed by atoms with Crippen LogP contribution in [0.2, 0.25) is 0 Å². The lowest BCUT2D eigenvalue weighted by molar-refractivity contribution is -0.136. The fourth-order valence-corrected chi connectivity index (χ4v) is 6.79. The molecule has 3 heterocycles. The van der Waals surface area contributed by atoms with Crippen LogP contribution in [0.15, 0.2) is 83.4 Å². The van der Waals surface area contributed by atoms with E-state index in [0.29, 0.717) is 0 Å². The highest BCUT2D eigenvalue weighted by Gasteiger charge is 2.37. The first-order chi connectivity index (χ1) is 15.7. The molecule has 6 rings (SSSR count). The first-order valence-corrected chi connectivity index (χ1v) is 12.4. The minimum atomic E-state index is -0.828. The van der Waals surface area contributed by atoms with Gasteiger partial charge in [0, 0.05) is 38.0 Å². The summed E-state index contributed by atoms with van der Waals surface area (Å²) < 4.78 is 2.49. The number of rotatable bonds is 4. The summed E-state index contributed by atoms with van der Waals surface area (Å²) in [6.45, 7) is 0.869. The molecule has 6 heteroatoms. The molecule has 1 N–H and O–H groups in total. The van der Waals surface area contributed by atoms with Crippen molar-refractivity contribution in [2.24, 2.45) is 4.99 Å².